The van der Waals surface area contributed by atoms with Crippen LogP contribution in [0.15, 0.2) is 12.1 Å². The summed E-state index contributed by atoms with van der Waals surface area (Å²) in [4.78, 5) is 0. The van der Waals surface area contributed by atoms with Crippen LogP contribution in [0.1, 0.15) is 38.3 Å². The highest BCUT2D eigenvalue weighted by Gasteiger charge is 2.17. The Morgan fingerprint density at radius 3 is 2.79 bits per heavy atom. The van der Waals surface area contributed by atoms with E-state index >= 15 is 0 Å². The van der Waals surface area contributed by atoms with Gasteiger partial charge < -0.3 is 5.32 Å². The van der Waals surface area contributed by atoms with Gasteiger partial charge in [0.25, 0.3) is 0 Å². The Morgan fingerprint density at radius 1 is 1.29 bits per heavy atom. The monoisotopic (exact) mass is 188 g/mol. The second kappa shape index (κ2) is 3.30. The molecule has 0 fully saturated rings. The van der Waals surface area contributed by atoms with Crippen LogP contribution in [0.2, 0.25) is 0 Å². The average Bonchev–Trinajstić information content (AvgIpc) is 2.16. The van der Waals surface area contributed by atoms with Gasteiger partial charge in [-0.1, -0.05) is 32.9 Å². The van der Waals surface area contributed by atoms with Crippen LogP contribution in [0.25, 0.3) is 0 Å². The third-order valence-electron chi connectivity index (χ3n) is 2.76. The van der Waals surface area contributed by atoms with Crippen molar-refractivity contribution in [3.63, 3.8) is 0 Å². The van der Waals surface area contributed by atoms with Gasteiger partial charge in [-0.2, -0.15) is 0 Å². The van der Waals surface area contributed by atoms with E-state index in [1.807, 2.05) is 0 Å². The number of hydrogen-bond acceptors (Lipinski definition) is 1. The molecule has 14 heavy (non-hydrogen) atoms. The van der Waals surface area contributed by atoms with Crippen molar-refractivity contribution in [1.82, 2.24) is 0 Å². The van der Waals surface area contributed by atoms with Crippen LogP contribution in [0, 0.1) is 6.07 Å². The van der Waals surface area contributed by atoms with Crippen LogP contribution in [0.3, 0.4) is 0 Å². The third kappa shape index (κ3) is 1.77. The quantitative estimate of drug-likeness (QED) is 0.659. The molecule has 1 aromatic carbocycles. The maximum Gasteiger partial charge on any atom is 0.0456 e. The van der Waals surface area contributed by atoms with E-state index in [4.69, 9.17) is 0 Å². The van der Waals surface area contributed by atoms with Crippen molar-refractivity contribution < 1.29 is 0 Å². The van der Waals surface area contributed by atoms with E-state index in [9.17, 15) is 0 Å². The molecule has 75 valence electrons. The number of aryl methyl sites for hydroxylation is 1. The lowest BCUT2D eigenvalue weighted by molar-refractivity contribution is 0.588. The Bertz CT molecular complexity index is 334. The predicted molar refractivity (Wildman–Crippen MR) is 60.8 cm³/mol. The van der Waals surface area contributed by atoms with Crippen molar-refractivity contribution in [2.24, 2.45) is 0 Å². The van der Waals surface area contributed by atoms with Gasteiger partial charge in [0.1, 0.15) is 0 Å². The van der Waals surface area contributed by atoms with Crippen molar-refractivity contribution >= 4 is 5.69 Å². The lowest BCUT2D eigenvalue weighted by Crippen LogP contribution is -2.16. The van der Waals surface area contributed by atoms with Gasteiger partial charge in [0.15, 0.2) is 0 Å². The first kappa shape index (κ1) is 9.57. The van der Waals surface area contributed by atoms with E-state index in [0.717, 1.165) is 6.54 Å². The summed E-state index contributed by atoms with van der Waals surface area (Å²) in [5.41, 5.74) is 4.15. The van der Waals surface area contributed by atoms with E-state index in [-0.39, 0.29) is 5.41 Å². The normalized spacial score (nSPS) is 15.9. The molecule has 0 spiro atoms. The number of anilines is 1. The zero-order chi connectivity index (χ0) is 10.2. The Kier molecular flexibility index (Phi) is 2.26. The van der Waals surface area contributed by atoms with Crippen LogP contribution in [0.5, 0.6) is 0 Å². The molecule has 1 radical (unpaired) electrons. The van der Waals surface area contributed by atoms with Crippen molar-refractivity contribution in [3.8, 4) is 0 Å². The molecule has 0 saturated carbocycles. The minimum atomic E-state index is 0.203. The van der Waals surface area contributed by atoms with Crippen LogP contribution in [-0.2, 0) is 11.8 Å². The maximum atomic E-state index is 3.49. The zero-order valence-electron chi connectivity index (χ0n) is 9.28. The lowest BCUT2D eigenvalue weighted by Gasteiger charge is -2.23. The Morgan fingerprint density at radius 2 is 2.07 bits per heavy atom. The highest BCUT2D eigenvalue weighted by Crippen LogP contribution is 2.28. The van der Waals surface area contributed by atoms with Gasteiger partial charge >= 0.3 is 0 Å². The summed E-state index contributed by atoms with van der Waals surface area (Å²) >= 11 is 0. The highest BCUT2D eigenvalue weighted by molar-refractivity contribution is 5.54. The Labute approximate surface area is 86.5 Å². The zero-order valence-corrected chi connectivity index (χ0v) is 9.28. The molecule has 1 aliphatic heterocycles. The molecule has 1 N–H and O–H groups in total. The molecule has 1 heterocycles. The van der Waals surface area contributed by atoms with Gasteiger partial charge in [-0.3, -0.25) is 0 Å². The van der Waals surface area contributed by atoms with Crippen LogP contribution in [0.4, 0.5) is 5.69 Å². The first-order valence-corrected chi connectivity index (χ1v) is 5.37. The summed E-state index contributed by atoms with van der Waals surface area (Å²) in [6.07, 6.45) is 2.44. The number of fused-ring (bicyclic) bond motifs is 1. The van der Waals surface area contributed by atoms with Crippen molar-refractivity contribution in [3.05, 3.63) is 29.3 Å². The molecule has 0 bridgehead atoms. The summed E-state index contributed by atoms with van der Waals surface area (Å²) in [6, 6.07) is 7.96. The van der Waals surface area contributed by atoms with Crippen LogP contribution in [-0.4, -0.2) is 6.54 Å². The number of hydrogen-bond donors (Lipinski definition) is 1. The van der Waals surface area contributed by atoms with E-state index in [1.54, 1.807) is 0 Å². The highest BCUT2D eigenvalue weighted by atomic mass is 14.9. The van der Waals surface area contributed by atoms with E-state index in [1.165, 1.54) is 29.7 Å². The predicted octanol–water partition coefficient (Wildman–Crippen LogP) is 3.14. The number of rotatable bonds is 0. The molecule has 0 saturated heterocycles. The van der Waals surface area contributed by atoms with Gasteiger partial charge in [0.05, 0.1) is 0 Å². The summed E-state index contributed by atoms with van der Waals surface area (Å²) < 4.78 is 0. The molecule has 1 aromatic rings. The third-order valence-corrected chi connectivity index (χ3v) is 2.76. The van der Waals surface area contributed by atoms with Gasteiger partial charge in [-0.15, -0.1) is 0 Å². The smallest absolute Gasteiger partial charge is 0.0456 e. The van der Waals surface area contributed by atoms with Crippen molar-refractivity contribution in [1.29, 1.82) is 0 Å². The van der Waals surface area contributed by atoms with Crippen LogP contribution < -0.4 is 5.32 Å². The topological polar surface area (TPSA) is 12.0 Å². The Hall–Kier alpha value is -0.980. The minimum absolute atomic E-state index is 0.203. The molecule has 1 heteroatoms. The number of benzene rings is 1. The lowest BCUT2D eigenvalue weighted by atomic mass is 9.85. The molecule has 0 unspecified atom stereocenters. The molecule has 1 nitrogen and oxygen atoms in total. The average molecular weight is 188 g/mol. The first-order chi connectivity index (χ1) is 6.57. The molecule has 0 atom stereocenters. The second-order valence-electron chi connectivity index (χ2n) is 5.05. The van der Waals surface area contributed by atoms with Gasteiger partial charge in [0, 0.05) is 18.3 Å². The van der Waals surface area contributed by atoms with Gasteiger partial charge in [0.2, 0.25) is 0 Å². The first-order valence-electron chi connectivity index (χ1n) is 5.37. The van der Waals surface area contributed by atoms with Gasteiger partial charge in [-0.25, -0.2) is 0 Å². The largest absolute Gasteiger partial charge is 0.384 e. The van der Waals surface area contributed by atoms with Crippen LogP contribution >= 0.6 is 0 Å². The fourth-order valence-corrected chi connectivity index (χ4v) is 1.82. The van der Waals surface area contributed by atoms with E-state index in [2.05, 4.69) is 44.3 Å². The maximum absolute atomic E-state index is 3.49. The van der Waals surface area contributed by atoms with E-state index in [0.29, 0.717) is 0 Å². The molecule has 1 aliphatic rings. The van der Waals surface area contributed by atoms with Gasteiger partial charge in [-0.05, 0) is 29.4 Å². The standard InChI is InChI=1S/C13H18N/c1-13(2,3)11-7-6-10-5-4-8-14-12(10)9-11/h6-7,14H,4-5,8H2,1-3H3. The molecule has 2 rings (SSSR count). The van der Waals surface area contributed by atoms with Crippen molar-refractivity contribution in [2.75, 3.05) is 11.9 Å². The number of nitrogens with one attached hydrogen (secondary N) is 1. The Balaban J connectivity index is 2.39. The minimum Gasteiger partial charge on any atom is -0.384 e. The summed E-state index contributed by atoms with van der Waals surface area (Å²) in [6.45, 7) is 7.78. The molecular weight excluding hydrogens is 170 g/mol. The second-order valence-corrected chi connectivity index (χ2v) is 5.05. The van der Waals surface area contributed by atoms with Crippen molar-refractivity contribution in [2.45, 2.75) is 39.0 Å². The van der Waals surface area contributed by atoms with E-state index < -0.39 is 0 Å². The summed E-state index contributed by atoms with van der Waals surface area (Å²) in [5, 5.41) is 3.42. The SMILES string of the molecule is CC(C)(C)c1[c]c2c(cc1)CCCN2. The molecule has 0 aliphatic carbocycles. The summed E-state index contributed by atoms with van der Waals surface area (Å²) in [7, 11) is 0. The summed E-state index contributed by atoms with van der Waals surface area (Å²) in [5.74, 6) is 0. The molecule has 0 aromatic heterocycles. The molecular formula is C13H18N. The molecule has 0 amide bonds. The fraction of sp³-hybridized carbons (Fsp3) is 0.538. The fourth-order valence-electron chi connectivity index (χ4n) is 1.82.